The molecular weight excluding hydrogens is 462 g/mol. The van der Waals surface area contributed by atoms with Gasteiger partial charge in [0, 0.05) is 14.5 Å². The first-order valence-corrected chi connectivity index (χ1v) is 9.17. The van der Waals surface area contributed by atoms with Crippen molar-refractivity contribution in [2.45, 2.75) is 6.92 Å². The highest BCUT2D eigenvalue weighted by Gasteiger charge is 2.08. The van der Waals surface area contributed by atoms with Crippen molar-refractivity contribution in [3.8, 4) is 18.1 Å². The number of hydrogen-bond acceptors (Lipinski definition) is 4. The molecule has 0 aliphatic carbocycles. The van der Waals surface area contributed by atoms with Crippen LogP contribution >= 0.6 is 31.9 Å². The van der Waals surface area contributed by atoms with E-state index in [-0.39, 0.29) is 12.2 Å². The van der Waals surface area contributed by atoms with Crippen molar-refractivity contribution in [1.29, 1.82) is 0 Å². The van der Waals surface area contributed by atoms with Gasteiger partial charge in [-0.15, -0.1) is 6.42 Å². The summed E-state index contributed by atoms with van der Waals surface area (Å²) in [6, 6.07) is 10.8. The quantitative estimate of drug-likeness (QED) is 0.422. The smallest absolute Gasteiger partial charge is 0.282 e. The Kier molecular flexibility index (Phi) is 5.55. The van der Waals surface area contributed by atoms with Crippen molar-refractivity contribution in [1.82, 2.24) is 9.66 Å². The molecule has 7 heteroatoms. The summed E-state index contributed by atoms with van der Waals surface area (Å²) in [5.41, 5.74) is 1.07. The van der Waals surface area contributed by atoms with Gasteiger partial charge in [0.15, 0.2) is 0 Å². The van der Waals surface area contributed by atoms with Crippen LogP contribution in [0.4, 0.5) is 0 Å². The zero-order valence-electron chi connectivity index (χ0n) is 13.7. The van der Waals surface area contributed by atoms with Gasteiger partial charge in [0.1, 0.15) is 18.2 Å². The van der Waals surface area contributed by atoms with Gasteiger partial charge in [-0.3, -0.25) is 4.79 Å². The number of rotatable bonds is 4. The molecule has 0 saturated heterocycles. The topological polar surface area (TPSA) is 56.5 Å². The predicted molar refractivity (Wildman–Crippen MR) is 110 cm³/mol. The van der Waals surface area contributed by atoms with E-state index in [1.165, 1.54) is 4.68 Å². The lowest BCUT2D eigenvalue weighted by molar-refractivity contribution is 0.370. The van der Waals surface area contributed by atoms with E-state index >= 15 is 0 Å². The molecule has 2 aromatic carbocycles. The zero-order chi connectivity index (χ0) is 18.7. The second kappa shape index (κ2) is 7.85. The van der Waals surface area contributed by atoms with E-state index in [1.807, 2.05) is 18.2 Å². The van der Waals surface area contributed by atoms with Gasteiger partial charge >= 0.3 is 0 Å². The highest BCUT2D eigenvalue weighted by Crippen LogP contribution is 2.22. The van der Waals surface area contributed by atoms with Gasteiger partial charge in [-0.2, -0.15) is 9.78 Å². The summed E-state index contributed by atoms with van der Waals surface area (Å²) >= 11 is 6.79. The molecule has 0 aliphatic rings. The Balaban J connectivity index is 2.08. The van der Waals surface area contributed by atoms with Crippen LogP contribution in [0.25, 0.3) is 10.9 Å². The van der Waals surface area contributed by atoms with E-state index in [4.69, 9.17) is 11.2 Å². The molecule has 130 valence electrons. The van der Waals surface area contributed by atoms with E-state index in [9.17, 15) is 4.79 Å². The molecule has 0 spiro atoms. The Morgan fingerprint density at radius 1 is 1.27 bits per heavy atom. The number of hydrogen-bond donors (Lipinski definition) is 0. The fourth-order valence-corrected chi connectivity index (χ4v) is 3.13. The lowest BCUT2D eigenvalue weighted by Crippen LogP contribution is -2.20. The van der Waals surface area contributed by atoms with Crippen molar-refractivity contribution in [3.05, 3.63) is 67.1 Å². The summed E-state index contributed by atoms with van der Waals surface area (Å²) in [6.45, 7) is 1.88. The van der Waals surface area contributed by atoms with Crippen LogP contribution in [-0.2, 0) is 0 Å². The fraction of sp³-hybridized carbons (Fsp3) is 0.105. The van der Waals surface area contributed by atoms with Crippen molar-refractivity contribution in [3.63, 3.8) is 0 Å². The van der Waals surface area contributed by atoms with Crippen LogP contribution in [0.2, 0.25) is 0 Å². The molecule has 3 aromatic rings. The largest absolute Gasteiger partial charge is 0.480 e. The van der Waals surface area contributed by atoms with Crippen LogP contribution < -0.4 is 10.3 Å². The molecule has 0 N–H and O–H groups in total. The normalized spacial score (nSPS) is 11.0. The Morgan fingerprint density at radius 3 is 2.77 bits per heavy atom. The molecule has 0 aliphatic heterocycles. The molecule has 1 heterocycles. The molecule has 0 fully saturated rings. The lowest BCUT2D eigenvalue weighted by atomic mass is 10.2. The number of nitrogens with zero attached hydrogens (tertiary/aromatic N) is 3. The first-order valence-electron chi connectivity index (χ1n) is 7.58. The van der Waals surface area contributed by atoms with Crippen LogP contribution in [0.1, 0.15) is 11.4 Å². The molecule has 0 atom stereocenters. The van der Waals surface area contributed by atoms with Crippen molar-refractivity contribution in [2.24, 2.45) is 5.10 Å². The van der Waals surface area contributed by atoms with Gasteiger partial charge in [-0.05, 0) is 43.3 Å². The molecule has 0 unspecified atom stereocenters. The van der Waals surface area contributed by atoms with Crippen LogP contribution in [0.15, 0.2) is 55.2 Å². The average Bonchev–Trinajstić information content (AvgIpc) is 2.61. The number of aromatic nitrogens is 2. The SMILES string of the molecule is C#CCOc1ccc(Br)cc1C=Nn1c(C)nc2ccc(Br)cc2c1=O. The maximum absolute atomic E-state index is 12.8. The van der Waals surface area contributed by atoms with Crippen LogP contribution in [-0.4, -0.2) is 22.5 Å². The van der Waals surface area contributed by atoms with Crippen LogP contribution in [0.5, 0.6) is 5.75 Å². The minimum atomic E-state index is -0.244. The fourth-order valence-electron chi connectivity index (χ4n) is 2.39. The van der Waals surface area contributed by atoms with Gasteiger partial charge in [-0.25, -0.2) is 4.98 Å². The van der Waals surface area contributed by atoms with Crippen LogP contribution in [0.3, 0.4) is 0 Å². The number of fused-ring (bicyclic) bond motifs is 1. The average molecular weight is 475 g/mol. The van der Waals surface area contributed by atoms with Crippen LogP contribution in [0, 0.1) is 19.3 Å². The van der Waals surface area contributed by atoms with E-state index in [1.54, 1.807) is 31.3 Å². The molecule has 0 saturated carbocycles. The minimum Gasteiger partial charge on any atom is -0.480 e. The number of ether oxygens (including phenoxy) is 1. The summed E-state index contributed by atoms with van der Waals surface area (Å²) in [5, 5.41) is 4.80. The third kappa shape index (κ3) is 3.87. The second-order valence-electron chi connectivity index (χ2n) is 5.36. The molecule has 0 radical (unpaired) electrons. The molecule has 0 amide bonds. The second-order valence-corrected chi connectivity index (χ2v) is 7.19. The summed E-state index contributed by atoms with van der Waals surface area (Å²) in [4.78, 5) is 17.2. The lowest BCUT2D eigenvalue weighted by Gasteiger charge is -2.08. The summed E-state index contributed by atoms with van der Waals surface area (Å²) < 4.78 is 8.45. The van der Waals surface area contributed by atoms with Crippen molar-refractivity contribution >= 4 is 49.0 Å². The minimum absolute atomic E-state index is 0.146. The molecular formula is C19H13Br2N3O2. The van der Waals surface area contributed by atoms with Crippen molar-refractivity contribution < 1.29 is 4.74 Å². The monoisotopic (exact) mass is 473 g/mol. The Morgan fingerprint density at radius 2 is 2.00 bits per heavy atom. The van der Waals surface area contributed by atoms with E-state index in [0.717, 1.165) is 8.95 Å². The van der Waals surface area contributed by atoms with E-state index in [0.29, 0.717) is 28.0 Å². The number of aryl methyl sites for hydroxylation is 1. The Bertz CT molecular complexity index is 1110. The molecule has 5 nitrogen and oxygen atoms in total. The number of terminal acetylenes is 1. The molecule has 26 heavy (non-hydrogen) atoms. The maximum atomic E-state index is 12.8. The maximum Gasteiger partial charge on any atom is 0.282 e. The van der Waals surface area contributed by atoms with Gasteiger partial charge in [-0.1, -0.05) is 37.8 Å². The van der Waals surface area contributed by atoms with Gasteiger partial charge in [0.05, 0.1) is 17.1 Å². The summed E-state index contributed by atoms with van der Waals surface area (Å²) in [7, 11) is 0. The highest BCUT2D eigenvalue weighted by molar-refractivity contribution is 9.10. The zero-order valence-corrected chi connectivity index (χ0v) is 16.9. The molecule has 3 rings (SSSR count). The number of benzene rings is 2. The van der Waals surface area contributed by atoms with Gasteiger partial charge in [0.25, 0.3) is 5.56 Å². The first kappa shape index (κ1) is 18.4. The molecule has 0 bridgehead atoms. The van der Waals surface area contributed by atoms with E-state index in [2.05, 4.69) is 47.9 Å². The standard InChI is InChI=1S/C19H13Br2N3O2/c1-3-8-26-18-7-5-14(20)9-13(18)11-22-24-12(2)23-17-6-4-15(21)10-16(17)19(24)25/h1,4-7,9-11H,8H2,2H3. The number of halogens is 2. The highest BCUT2D eigenvalue weighted by atomic mass is 79.9. The van der Waals surface area contributed by atoms with Gasteiger partial charge in [0.2, 0.25) is 0 Å². The summed E-state index contributed by atoms with van der Waals surface area (Å²) in [6.07, 6.45) is 6.80. The predicted octanol–water partition coefficient (Wildman–Crippen LogP) is 4.12. The van der Waals surface area contributed by atoms with Crippen molar-refractivity contribution in [2.75, 3.05) is 6.61 Å². The Hall–Kier alpha value is -2.43. The Labute approximate surface area is 167 Å². The summed E-state index contributed by atoms with van der Waals surface area (Å²) in [5.74, 6) is 3.50. The first-order chi connectivity index (χ1) is 12.5. The molecule has 1 aromatic heterocycles. The van der Waals surface area contributed by atoms with Gasteiger partial charge < -0.3 is 4.74 Å². The third-order valence-corrected chi connectivity index (χ3v) is 4.55. The third-order valence-electron chi connectivity index (χ3n) is 3.57. The van der Waals surface area contributed by atoms with E-state index < -0.39 is 0 Å².